The van der Waals surface area contributed by atoms with Crippen molar-refractivity contribution in [1.29, 1.82) is 0 Å². The zero-order chi connectivity index (χ0) is 29.5. The first-order valence-electron chi connectivity index (χ1n) is 15.6. The van der Waals surface area contributed by atoms with E-state index in [1.165, 1.54) is 25.7 Å². The molecule has 0 saturated heterocycles. The van der Waals surface area contributed by atoms with E-state index in [1.807, 2.05) is 0 Å². The summed E-state index contributed by atoms with van der Waals surface area (Å²) >= 11 is 0. The van der Waals surface area contributed by atoms with Gasteiger partial charge in [0.2, 0.25) is 0 Å². The van der Waals surface area contributed by atoms with Crippen LogP contribution < -0.4 is 11.1 Å². The molecule has 3 N–H and O–H groups in total. The number of benzene rings is 1. The van der Waals surface area contributed by atoms with Gasteiger partial charge in [-0.1, -0.05) is 32.9 Å². The maximum absolute atomic E-state index is 5.70. The molecule has 1 aromatic carbocycles. The number of fused-ring (bicyclic) bond motifs is 1. The molecule has 3 rings (SSSR count). The van der Waals surface area contributed by atoms with Crippen LogP contribution in [-0.2, 0) is 20.8 Å². The van der Waals surface area contributed by atoms with Gasteiger partial charge < -0.3 is 30.2 Å². The highest BCUT2D eigenvalue weighted by Crippen LogP contribution is 2.39. The molecule has 232 valence electrons. The first-order valence-corrected chi connectivity index (χ1v) is 15.6. The van der Waals surface area contributed by atoms with Gasteiger partial charge in [0.15, 0.2) is 0 Å². The maximum atomic E-state index is 5.70. The molecule has 0 atom stereocenters. The second-order valence-corrected chi connectivity index (χ2v) is 12.5. The number of likely N-dealkylation sites (N-methyl/N-ethyl adjacent to an activating group) is 1. The summed E-state index contributed by atoms with van der Waals surface area (Å²) in [4.78, 5) is 14.7. The van der Waals surface area contributed by atoms with E-state index in [2.05, 4.69) is 74.2 Å². The number of rotatable bonds is 19. The minimum Gasteiger partial charge on any atom is -0.378 e. The molecule has 9 nitrogen and oxygen atoms in total. The number of nitrogens with two attached hydrogens (primary N) is 1. The standard InChI is InChI=1S/C32H56N6O3/c1-32(2,3)26-11-13-27(14-12-26)38(5)25-30-35-29-10-7-6-9-28(29)31(36-30)34-16-8-17-37(4)18-20-40-22-24-41-23-21-39-19-15-33/h6-7,9-10,26-27H,8,11-25,33H2,1-5H3,(H,34,35,36). The molecule has 1 aliphatic carbocycles. The van der Waals surface area contributed by atoms with Crippen LogP contribution in [0, 0.1) is 11.3 Å². The Morgan fingerprint density at radius 2 is 1.54 bits per heavy atom. The Morgan fingerprint density at radius 3 is 2.22 bits per heavy atom. The number of nitrogens with zero attached hydrogens (tertiary/aromatic N) is 4. The quantitative estimate of drug-likeness (QED) is 0.237. The second kappa shape index (κ2) is 17.9. The fourth-order valence-electron chi connectivity index (χ4n) is 5.58. The van der Waals surface area contributed by atoms with Crippen LogP contribution in [0.25, 0.3) is 10.9 Å². The van der Waals surface area contributed by atoms with Gasteiger partial charge in [0.05, 0.1) is 51.7 Å². The predicted octanol–water partition coefficient (Wildman–Crippen LogP) is 4.41. The summed E-state index contributed by atoms with van der Waals surface area (Å²) in [6.45, 7) is 14.8. The number of para-hydroxylation sites is 1. The highest BCUT2D eigenvalue weighted by Gasteiger charge is 2.31. The molecular formula is C32H56N6O3. The minimum absolute atomic E-state index is 0.407. The third kappa shape index (κ3) is 12.1. The van der Waals surface area contributed by atoms with Crippen LogP contribution in [0.5, 0.6) is 0 Å². The van der Waals surface area contributed by atoms with Gasteiger partial charge in [0.25, 0.3) is 0 Å². The number of hydrogen-bond acceptors (Lipinski definition) is 9. The third-order valence-corrected chi connectivity index (χ3v) is 8.22. The largest absolute Gasteiger partial charge is 0.378 e. The molecule has 0 spiro atoms. The predicted molar refractivity (Wildman–Crippen MR) is 168 cm³/mol. The third-order valence-electron chi connectivity index (χ3n) is 8.22. The summed E-state index contributed by atoms with van der Waals surface area (Å²) < 4.78 is 16.5. The molecule has 1 aliphatic rings. The summed E-state index contributed by atoms with van der Waals surface area (Å²) in [6, 6.07) is 8.92. The highest BCUT2D eigenvalue weighted by molar-refractivity contribution is 5.88. The van der Waals surface area contributed by atoms with Crippen molar-refractivity contribution in [3.63, 3.8) is 0 Å². The van der Waals surface area contributed by atoms with Gasteiger partial charge in [-0.05, 0) is 76.2 Å². The molecule has 0 unspecified atom stereocenters. The molecule has 0 radical (unpaired) electrons. The lowest BCUT2D eigenvalue weighted by Gasteiger charge is -2.39. The Bertz CT molecular complexity index is 993. The van der Waals surface area contributed by atoms with Crippen molar-refractivity contribution in [1.82, 2.24) is 19.8 Å². The molecule has 1 aromatic heterocycles. The van der Waals surface area contributed by atoms with Crippen LogP contribution in [0.15, 0.2) is 24.3 Å². The SMILES string of the molecule is CN(CCCNc1nc(CN(C)C2CCC(C(C)(C)C)CC2)nc2ccccc12)CCOCCOCCOCCN. The van der Waals surface area contributed by atoms with Crippen molar-refractivity contribution in [2.75, 3.05) is 85.2 Å². The Hall–Kier alpha value is -1.88. The first-order chi connectivity index (χ1) is 19.8. The van der Waals surface area contributed by atoms with Gasteiger partial charge in [-0.2, -0.15) is 0 Å². The van der Waals surface area contributed by atoms with Crippen LogP contribution >= 0.6 is 0 Å². The fraction of sp³-hybridized carbons (Fsp3) is 0.750. The van der Waals surface area contributed by atoms with Crippen molar-refractivity contribution < 1.29 is 14.2 Å². The zero-order valence-electron chi connectivity index (χ0n) is 26.4. The molecule has 1 saturated carbocycles. The summed E-state index contributed by atoms with van der Waals surface area (Å²) in [7, 11) is 4.37. The number of hydrogen-bond donors (Lipinski definition) is 2. The van der Waals surface area contributed by atoms with Gasteiger partial charge in [-0.25, -0.2) is 9.97 Å². The Morgan fingerprint density at radius 1 is 0.878 bits per heavy atom. The molecule has 9 heteroatoms. The number of nitrogens with one attached hydrogen (secondary N) is 1. The topological polar surface area (TPSA) is 98.0 Å². The smallest absolute Gasteiger partial charge is 0.145 e. The van der Waals surface area contributed by atoms with E-state index in [4.69, 9.17) is 29.9 Å². The van der Waals surface area contributed by atoms with Crippen LogP contribution in [0.1, 0.15) is 58.7 Å². The molecular weight excluding hydrogens is 516 g/mol. The molecule has 41 heavy (non-hydrogen) atoms. The average Bonchev–Trinajstić information content (AvgIpc) is 2.95. The fourth-order valence-corrected chi connectivity index (χ4v) is 5.58. The van der Waals surface area contributed by atoms with E-state index in [0.717, 1.165) is 61.1 Å². The molecule has 0 aliphatic heterocycles. The lowest BCUT2D eigenvalue weighted by atomic mass is 9.71. The lowest BCUT2D eigenvalue weighted by molar-refractivity contribution is 0.0129. The number of aromatic nitrogens is 2. The van der Waals surface area contributed by atoms with Crippen molar-refractivity contribution in [2.45, 2.75) is 65.5 Å². The van der Waals surface area contributed by atoms with E-state index in [1.54, 1.807) is 0 Å². The summed E-state index contributed by atoms with van der Waals surface area (Å²) in [5.74, 6) is 2.66. The number of anilines is 1. The Balaban J connectivity index is 1.38. The van der Waals surface area contributed by atoms with Crippen molar-refractivity contribution in [3.05, 3.63) is 30.1 Å². The molecule has 1 heterocycles. The monoisotopic (exact) mass is 572 g/mol. The second-order valence-electron chi connectivity index (χ2n) is 12.5. The van der Waals surface area contributed by atoms with Crippen molar-refractivity contribution in [3.8, 4) is 0 Å². The van der Waals surface area contributed by atoms with E-state index in [9.17, 15) is 0 Å². The lowest BCUT2D eigenvalue weighted by Crippen LogP contribution is -2.37. The zero-order valence-corrected chi connectivity index (χ0v) is 26.4. The van der Waals surface area contributed by atoms with Crippen LogP contribution in [0.2, 0.25) is 0 Å². The average molecular weight is 573 g/mol. The minimum atomic E-state index is 0.407. The van der Waals surface area contributed by atoms with Gasteiger partial charge in [-0.15, -0.1) is 0 Å². The van der Waals surface area contributed by atoms with E-state index < -0.39 is 0 Å². The first kappa shape index (κ1) is 33.6. The molecule has 0 bridgehead atoms. The normalized spacial score (nSPS) is 18.0. The molecule has 1 fully saturated rings. The van der Waals surface area contributed by atoms with E-state index in [0.29, 0.717) is 57.6 Å². The van der Waals surface area contributed by atoms with Gasteiger partial charge in [0.1, 0.15) is 11.6 Å². The van der Waals surface area contributed by atoms with Crippen LogP contribution in [0.3, 0.4) is 0 Å². The molecule has 0 amide bonds. The van der Waals surface area contributed by atoms with Crippen LogP contribution in [-0.4, -0.2) is 106 Å². The Kier molecular flexibility index (Phi) is 14.7. The Labute approximate surface area is 248 Å². The van der Waals surface area contributed by atoms with Gasteiger partial charge in [0, 0.05) is 31.1 Å². The van der Waals surface area contributed by atoms with Crippen molar-refractivity contribution in [2.24, 2.45) is 17.1 Å². The highest BCUT2D eigenvalue weighted by atomic mass is 16.5. The molecule has 2 aromatic rings. The van der Waals surface area contributed by atoms with Crippen molar-refractivity contribution >= 4 is 16.7 Å². The van der Waals surface area contributed by atoms with Gasteiger partial charge >= 0.3 is 0 Å². The van der Waals surface area contributed by atoms with Gasteiger partial charge in [-0.3, -0.25) is 4.90 Å². The maximum Gasteiger partial charge on any atom is 0.145 e. The number of ether oxygens (including phenoxy) is 3. The summed E-state index contributed by atoms with van der Waals surface area (Å²) in [5.41, 5.74) is 6.80. The summed E-state index contributed by atoms with van der Waals surface area (Å²) in [6.07, 6.45) is 6.16. The summed E-state index contributed by atoms with van der Waals surface area (Å²) in [5, 5.41) is 4.69. The van der Waals surface area contributed by atoms with Crippen LogP contribution in [0.4, 0.5) is 5.82 Å². The van der Waals surface area contributed by atoms with E-state index in [-0.39, 0.29) is 0 Å². The van der Waals surface area contributed by atoms with E-state index >= 15 is 0 Å².